The second kappa shape index (κ2) is 9.67. The third-order valence-electron chi connectivity index (χ3n) is 4.45. The maximum Gasteiger partial charge on any atom is 0.224 e. The molecule has 1 heterocycles. The van der Waals surface area contributed by atoms with Crippen LogP contribution in [0.1, 0.15) is 44.6 Å². The van der Waals surface area contributed by atoms with Gasteiger partial charge in [-0.1, -0.05) is 30.7 Å². The first-order chi connectivity index (χ1) is 11.5. The topological polar surface area (TPSA) is 49.4 Å². The van der Waals surface area contributed by atoms with E-state index in [-0.39, 0.29) is 11.8 Å². The number of likely N-dealkylation sites (tertiary alicyclic amines) is 1. The standard InChI is InChI=1S/C19H27ClN2O2/c1-15-4-3-13-22(14-15)19(24)11-12-21-18(23)6-2-5-16-7-9-17(20)10-8-16/h7-10,15H,2-6,11-14H2,1H3,(H,21,23). The maximum absolute atomic E-state index is 12.1. The molecule has 5 heteroatoms. The van der Waals surface area contributed by atoms with Gasteiger partial charge in [0.25, 0.3) is 0 Å². The van der Waals surface area contributed by atoms with Crippen molar-refractivity contribution in [3.05, 3.63) is 34.9 Å². The average molecular weight is 351 g/mol. The van der Waals surface area contributed by atoms with Crippen molar-refractivity contribution in [1.29, 1.82) is 0 Å². The highest BCUT2D eigenvalue weighted by Crippen LogP contribution is 2.16. The number of rotatable bonds is 7. The van der Waals surface area contributed by atoms with Crippen molar-refractivity contribution in [2.45, 2.75) is 45.4 Å². The van der Waals surface area contributed by atoms with Crippen LogP contribution in [0.2, 0.25) is 5.02 Å². The molecule has 1 fully saturated rings. The number of halogens is 1. The zero-order chi connectivity index (χ0) is 17.4. The average Bonchev–Trinajstić information content (AvgIpc) is 2.56. The Morgan fingerprint density at radius 1 is 1.25 bits per heavy atom. The summed E-state index contributed by atoms with van der Waals surface area (Å²) in [6, 6.07) is 7.70. The predicted octanol–water partition coefficient (Wildman–Crippen LogP) is 3.43. The van der Waals surface area contributed by atoms with Crippen LogP contribution in [-0.2, 0) is 16.0 Å². The zero-order valence-corrected chi connectivity index (χ0v) is 15.1. The molecule has 1 atom stereocenters. The lowest BCUT2D eigenvalue weighted by molar-refractivity contribution is -0.132. The van der Waals surface area contributed by atoms with Crippen LogP contribution in [0.3, 0.4) is 0 Å². The second-order valence-corrected chi connectivity index (χ2v) is 7.10. The van der Waals surface area contributed by atoms with Gasteiger partial charge in [0.1, 0.15) is 0 Å². The predicted molar refractivity (Wildman–Crippen MR) is 97.0 cm³/mol. The fourth-order valence-electron chi connectivity index (χ4n) is 3.08. The van der Waals surface area contributed by atoms with Crippen LogP contribution >= 0.6 is 11.6 Å². The summed E-state index contributed by atoms with van der Waals surface area (Å²) in [4.78, 5) is 25.9. The van der Waals surface area contributed by atoms with Crippen LogP contribution in [0, 0.1) is 5.92 Å². The molecular weight excluding hydrogens is 324 g/mol. The van der Waals surface area contributed by atoms with E-state index >= 15 is 0 Å². The molecule has 0 aromatic heterocycles. The van der Waals surface area contributed by atoms with E-state index in [1.807, 2.05) is 29.2 Å². The minimum Gasteiger partial charge on any atom is -0.356 e. The van der Waals surface area contributed by atoms with E-state index in [1.165, 1.54) is 12.0 Å². The summed E-state index contributed by atoms with van der Waals surface area (Å²) in [5.41, 5.74) is 1.18. The van der Waals surface area contributed by atoms with Gasteiger partial charge in [0.2, 0.25) is 11.8 Å². The fourth-order valence-corrected chi connectivity index (χ4v) is 3.20. The van der Waals surface area contributed by atoms with Crippen LogP contribution in [0.5, 0.6) is 0 Å². The van der Waals surface area contributed by atoms with Gasteiger partial charge in [-0.15, -0.1) is 0 Å². The lowest BCUT2D eigenvalue weighted by Crippen LogP contribution is -2.40. The number of hydrogen-bond donors (Lipinski definition) is 1. The number of hydrogen-bond acceptors (Lipinski definition) is 2. The molecule has 1 aliphatic heterocycles. The SMILES string of the molecule is CC1CCCN(C(=O)CCNC(=O)CCCc2ccc(Cl)cc2)C1. The van der Waals surface area contributed by atoms with E-state index in [9.17, 15) is 9.59 Å². The van der Waals surface area contributed by atoms with Crippen molar-refractivity contribution < 1.29 is 9.59 Å². The van der Waals surface area contributed by atoms with E-state index in [0.717, 1.165) is 37.4 Å². The second-order valence-electron chi connectivity index (χ2n) is 6.67. The number of nitrogens with zero attached hydrogens (tertiary/aromatic N) is 1. The molecule has 1 aromatic carbocycles. The molecule has 1 aliphatic rings. The largest absolute Gasteiger partial charge is 0.356 e. The first-order valence-corrected chi connectivity index (χ1v) is 9.21. The highest BCUT2D eigenvalue weighted by atomic mass is 35.5. The number of carbonyl (C=O) groups excluding carboxylic acids is 2. The van der Waals surface area contributed by atoms with Crippen LogP contribution in [0.25, 0.3) is 0 Å². The molecule has 1 unspecified atom stereocenters. The highest BCUT2D eigenvalue weighted by molar-refractivity contribution is 6.30. The Hall–Kier alpha value is -1.55. The normalized spacial score (nSPS) is 17.6. The first-order valence-electron chi connectivity index (χ1n) is 8.83. The van der Waals surface area contributed by atoms with Crippen molar-refractivity contribution in [3.63, 3.8) is 0 Å². The lowest BCUT2D eigenvalue weighted by atomic mass is 10.00. The molecule has 0 aliphatic carbocycles. The molecule has 2 rings (SSSR count). The van der Waals surface area contributed by atoms with Crippen molar-refractivity contribution in [3.8, 4) is 0 Å². The van der Waals surface area contributed by atoms with E-state index in [0.29, 0.717) is 25.3 Å². The van der Waals surface area contributed by atoms with Gasteiger partial charge in [-0.05, 0) is 49.3 Å². The molecule has 1 aromatic rings. The summed E-state index contributed by atoms with van der Waals surface area (Å²) in [6.07, 6.45) is 4.82. The van der Waals surface area contributed by atoms with Gasteiger partial charge < -0.3 is 10.2 Å². The minimum atomic E-state index is 0.0174. The summed E-state index contributed by atoms with van der Waals surface area (Å²) in [6.45, 7) is 4.33. The summed E-state index contributed by atoms with van der Waals surface area (Å²) < 4.78 is 0. The Kier molecular flexibility index (Phi) is 7.57. The van der Waals surface area contributed by atoms with Gasteiger partial charge >= 0.3 is 0 Å². The van der Waals surface area contributed by atoms with Gasteiger partial charge in [0.15, 0.2) is 0 Å². The highest BCUT2D eigenvalue weighted by Gasteiger charge is 2.20. The van der Waals surface area contributed by atoms with Crippen LogP contribution < -0.4 is 5.32 Å². The smallest absolute Gasteiger partial charge is 0.224 e. The third kappa shape index (κ3) is 6.52. The fraction of sp³-hybridized carbons (Fsp3) is 0.579. The van der Waals surface area contributed by atoms with Gasteiger partial charge in [0.05, 0.1) is 0 Å². The molecule has 1 N–H and O–H groups in total. The van der Waals surface area contributed by atoms with Crippen LogP contribution in [-0.4, -0.2) is 36.3 Å². The van der Waals surface area contributed by atoms with Gasteiger partial charge in [-0.25, -0.2) is 0 Å². The molecule has 0 bridgehead atoms. The van der Waals surface area contributed by atoms with Gasteiger partial charge in [0, 0.05) is 37.5 Å². The number of nitrogens with one attached hydrogen (secondary N) is 1. The van der Waals surface area contributed by atoms with E-state index in [2.05, 4.69) is 12.2 Å². The molecule has 4 nitrogen and oxygen atoms in total. The maximum atomic E-state index is 12.1. The minimum absolute atomic E-state index is 0.0174. The monoisotopic (exact) mass is 350 g/mol. The zero-order valence-electron chi connectivity index (χ0n) is 14.4. The van der Waals surface area contributed by atoms with Crippen LogP contribution in [0.15, 0.2) is 24.3 Å². The van der Waals surface area contributed by atoms with E-state index in [4.69, 9.17) is 11.6 Å². The first kappa shape index (κ1) is 18.8. The number of amides is 2. The molecule has 2 amide bonds. The Balaban J connectivity index is 1.57. The molecule has 0 radical (unpaired) electrons. The number of benzene rings is 1. The Bertz CT molecular complexity index is 545. The summed E-state index contributed by atoms with van der Waals surface area (Å²) in [7, 11) is 0. The third-order valence-corrected chi connectivity index (χ3v) is 4.71. The lowest BCUT2D eigenvalue weighted by Gasteiger charge is -2.31. The van der Waals surface area contributed by atoms with Gasteiger partial charge in [-0.2, -0.15) is 0 Å². The van der Waals surface area contributed by atoms with Crippen molar-refractivity contribution >= 4 is 23.4 Å². The molecule has 1 saturated heterocycles. The molecule has 0 spiro atoms. The Labute approximate surface area is 149 Å². The molecule has 24 heavy (non-hydrogen) atoms. The number of aryl methyl sites for hydroxylation is 1. The Morgan fingerprint density at radius 3 is 2.71 bits per heavy atom. The summed E-state index contributed by atoms with van der Waals surface area (Å²) in [5, 5.41) is 3.58. The van der Waals surface area contributed by atoms with Crippen molar-refractivity contribution in [2.75, 3.05) is 19.6 Å². The van der Waals surface area contributed by atoms with Crippen molar-refractivity contribution in [2.24, 2.45) is 5.92 Å². The Morgan fingerprint density at radius 2 is 2.00 bits per heavy atom. The summed E-state index contributed by atoms with van der Waals surface area (Å²) in [5.74, 6) is 0.761. The van der Waals surface area contributed by atoms with Crippen LogP contribution in [0.4, 0.5) is 0 Å². The molecular formula is C19H27ClN2O2. The van der Waals surface area contributed by atoms with E-state index < -0.39 is 0 Å². The summed E-state index contributed by atoms with van der Waals surface area (Å²) >= 11 is 5.85. The molecule has 0 saturated carbocycles. The van der Waals surface area contributed by atoms with Gasteiger partial charge in [-0.3, -0.25) is 9.59 Å². The molecule has 132 valence electrons. The number of carbonyl (C=O) groups is 2. The number of piperidine rings is 1. The van der Waals surface area contributed by atoms with Crippen molar-refractivity contribution in [1.82, 2.24) is 10.2 Å². The quantitative estimate of drug-likeness (QED) is 0.819. The van der Waals surface area contributed by atoms with E-state index in [1.54, 1.807) is 0 Å².